The molecule has 0 unspecified atom stereocenters. The Bertz CT molecular complexity index is 1180. The SMILES string of the molecule is CC(C)(C)c1nn(-c2ccccc2)cc1S(=O)(=O)Nc1c[nH]c(=O)[nH]c1=O. The summed E-state index contributed by atoms with van der Waals surface area (Å²) >= 11 is 0. The van der Waals surface area contributed by atoms with E-state index in [1.54, 1.807) is 12.1 Å². The van der Waals surface area contributed by atoms with Crippen LogP contribution in [0.2, 0.25) is 0 Å². The Morgan fingerprint density at radius 2 is 1.78 bits per heavy atom. The molecule has 10 heteroatoms. The molecule has 0 atom stereocenters. The molecule has 2 heterocycles. The van der Waals surface area contributed by atoms with E-state index in [1.165, 1.54) is 10.9 Å². The van der Waals surface area contributed by atoms with Gasteiger partial charge in [-0.3, -0.25) is 14.5 Å². The molecule has 0 saturated heterocycles. The van der Waals surface area contributed by atoms with Crippen LogP contribution in [-0.4, -0.2) is 28.2 Å². The largest absolute Gasteiger partial charge is 0.325 e. The molecule has 3 N–H and O–H groups in total. The third kappa shape index (κ3) is 3.85. The normalized spacial score (nSPS) is 12.1. The van der Waals surface area contributed by atoms with Crippen LogP contribution in [-0.2, 0) is 15.4 Å². The number of nitrogens with zero attached hydrogens (tertiary/aromatic N) is 2. The molecular weight excluding hydrogens is 370 g/mol. The van der Waals surface area contributed by atoms with Gasteiger partial charge in [0.25, 0.3) is 15.6 Å². The van der Waals surface area contributed by atoms with Crippen molar-refractivity contribution in [2.45, 2.75) is 31.1 Å². The second kappa shape index (κ2) is 6.54. The molecule has 0 fully saturated rings. The molecule has 9 nitrogen and oxygen atoms in total. The lowest BCUT2D eigenvalue weighted by Gasteiger charge is -2.17. The van der Waals surface area contributed by atoms with E-state index in [4.69, 9.17) is 0 Å². The first-order valence-electron chi connectivity index (χ1n) is 8.08. The molecule has 27 heavy (non-hydrogen) atoms. The van der Waals surface area contributed by atoms with E-state index in [-0.39, 0.29) is 10.6 Å². The second-order valence-electron chi connectivity index (χ2n) is 6.96. The molecule has 2 aromatic heterocycles. The minimum atomic E-state index is -4.13. The van der Waals surface area contributed by atoms with E-state index in [0.29, 0.717) is 11.4 Å². The first kappa shape index (κ1) is 18.6. The van der Waals surface area contributed by atoms with Crippen LogP contribution in [0.3, 0.4) is 0 Å². The Hall–Kier alpha value is -3.14. The van der Waals surface area contributed by atoms with Gasteiger partial charge < -0.3 is 4.98 Å². The molecule has 142 valence electrons. The fourth-order valence-electron chi connectivity index (χ4n) is 2.47. The molecular formula is C17H19N5O4S. The molecule has 0 bridgehead atoms. The van der Waals surface area contributed by atoms with Gasteiger partial charge in [-0.15, -0.1) is 0 Å². The molecule has 0 aliphatic heterocycles. The van der Waals surface area contributed by atoms with Gasteiger partial charge in [0.1, 0.15) is 10.6 Å². The van der Waals surface area contributed by atoms with Crippen molar-refractivity contribution < 1.29 is 8.42 Å². The van der Waals surface area contributed by atoms with Crippen molar-refractivity contribution >= 4 is 15.7 Å². The predicted molar refractivity (Wildman–Crippen MR) is 101 cm³/mol. The van der Waals surface area contributed by atoms with Crippen molar-refractivity contribution in [2.24, 2.45) is 0 Å². The number of rotatable bonds is 4. The van der Waals surface area contributed by atoms with Gasteiger partial charge in [0, 0.05) is 11.6 Å². The van der Waals surface area contributed by atoms with Gasteiger partial charge in [-0.25, -0.2) is 17.9 Å². The number of sulfonamides is 1. The Kier molecular flexibility index (Phi) is 4.52. The van der Waals surface area contributed by atoms with Crippen molar-refractivity contribution in [3.8, 4) is 5.69 Å². The lowest BCUT2D eigenvalue weighted by atomic mass is 9.92. The van der Waals surface area contributed by atoms with Crippen LogP contribution in [0.1, 0.15) is 26.5 Å². The molecule has 3 rings (SSSR count). The van der Waals surface area contributed by atoms with E-state index in [0.717, 1.165) is 6.20 Å². The van der Waals surface area contributed by atoms with Crippen LogP contribution in [0.5, 0.6) is 0 Å². The summed E-state index contributed by atoms with van der Waals surface area (Å²) in [6.45, 7) is 5.53. The molecule has 0 spiro atoms. The predicted octanol–water partition coefficient (Wildman–Crippen LogP) is 1.35. The summed E-state index contributed by atoms with van der Waals surface area (Å²) in [4.78, 5) is 27.1. The Morgan fingerprint density at radius 3 is 2.37 bits per heavy atom. The fourth-order valence-corrected chi connectivity index (χ4v) is 3.86. The van der Waals surface area contributed by atoms with Gasteiger partial charge in [0.05, 0.1) is 17.6 Å². The molecule has 0 saturated carbocycles. The number of aromatic amines is 2. The number of hydrogen-bond donors (Lipinski definition) is 3. The fraction of sp³-hybridized carbons (Fsp3) is 0.235. The van der Waals surface area contributed by atoms with Crippen LogP contribution in [0.25, 0.3) is 5.69 Å². The number of para-hydroxylation sites is 1. The lowest BCUT2D eigenvalue weighted by molar-refractivity contribution is 0.543. The summed E-state index contributed by atoms with van der Waals surface area (Å²) in [5, 5.41) is 4.45. The highest BCUT2D eigenvalue weighted by atomic mass is 32.2. The topological polar surface area (TPSA) is 130 Å². The number of aromatic nitrogens is 4. The molecule has 1 aromatic carbocycles. The average molecular weight is 389 g/mol. The van der Waals surface area contributed by atoms with Crippen molar-refractivity contribution in [1.29, 1.82) is 0 Å². The van der Waals surface area contributed by atoms with E-state index in [2.05, 4.69) is 14.8 Å². The summed E-state index contributed by atoms with van der Waals surface area (Å²) in [6, 6.07) is 9.09. The zero-order valence-corrected chi connectivity index (χ0v) is 15.8. The molecule has 0 aliphatic carbocycles. The molecule has 0 aliphatic rings. The van der Waals surface area contributed by atoms with Gasteiger partial charge in [-0.05, 0) is 12.1 Å². The maximum absolute atomic E-state index is 12.9. The minimum absolute atomic E-state index is 0.0514. The molecule has 3 aromatic rings. The molecule has 0 amide bonds. The summed E-state index contributed by atoms with van der Waals surface area (Å²) < 4.78 is 29.6. The first-order chi connectivity index (χ1) is 12.6. The summed E-state index contributed by atoms with van der Waals surface area (Å²) in [7, 11) is -4.13. The highest BCUT2D eigenvalue weighted by molar-refractivity contribution is 7.92. The Balaban J connectivity index is 2.12. The van der Waals surface area contributed by atoms with E-state index < -0.39 is 26.7 Å². The monoisotopic (exact) mass is 389 g/mol. The van der Waals surface area contributed by atoms with E-state index >= 15 is 0 Å². The van der Waals surface area contributed by atoms with Gasteiger partial charge in [-0.1, -0.05) is 39.0 Å². The van der Waals surface area contributed by atoms with Crippen LogP contribution < -0.4 is 16.0 Å². The van der Waals surface area contributed by atoms with E-state index in [9.17, 15) is 18.0 Å². The lowest BCUT2D eigenvalue weighted by Crippen LogP contribution is -2.27. The highest BCUT2D eigenvalue weighted by Crippen LogP contribution is 2.29. The van der Waals surface area contributed by atoms with Crippen molar-refractivity contribution in [1.82, 2.24) is 19.7 Å². The van der Waals surface area contributed by atoms with Crippen LogP contribution >= 0.6 is 0 Å². The first-order valence-corrected chi connectivity index (χ1v) is 9.57. The van der Waals surface area contributed by atoms with Gasteiger partial charge in [0.15, 0.2) is 0 Å². The van der Waals surface area contributed by atoms with Crippen LogP contribution in [0.4, 0.5) is 5.69 Å². The number of benzene rings is 1. The summed E-state index contributed by atoms with van der Waals surface area (Å²) in [5.74, 6) is 0. The Labute approximate surface area is 155 Å². The maximum Gasteiger partial charge on any atom is 0.325 e. The van der Waals surface area contributed by atoms with Crippen LogP contribution in [0.15, 0.2) is 57.2 Å². The average Bonchev–Trinajstić information content (AvgIpc) is 3.05. The Morgan fingerprint density at radius 1 is 1.11 bits per heavy atom. The quantitative estimate of drug-likeness (QED) is 0.620. The van der Waals surface area contributed by atoms with Crippen molar-refractivity contribution in [2.75, 3.05) is 4.72 Å². The number of nitrogens with one attached hydrogen (secondary N) is 3. The third-order valence-electron chi connectivity index (χ3n) is 3.76. The standard InChI is InChI=1S/C17H19N5O4S/c1-17(2,3)14-13(10-22(20-14)11-7-5-4-6-8-11)27(25,26)21-12-9-18-16(24)19-15(12)23/h4-10,21H,1-3H3,(H2,18,19,23,24). The van der Waals surface area contributed by atoms with Crippen LogP contribution in [0, 0.1) is 0 Å². The summed E-state index contributed by atoms with van der Waals surface area (Å²) in [5.41, 5.74) is -1.38. The second-order valence-corrected chi connectivity index (χ2v) is 8.61. The smallest absolute Gasteiger partial charge is 0.312 e. The minimum Gasteiger partial charge on any atom is -0.312 e. The zero-order valence-electron chi connectivity index (χ0n) is 15.0. The van der Waals surface area contributed by atoms with Gasteiger partial charge >= 0.3 is 5.69 Å². The van der Waals surface area contributed by atoms with Gasteiger partial charge in [-0.2, -0.15) is 5.10 Å². The third-order valence-corrected chi connectivity index (χ3v) is 5.13. The van der Waals surface area contributed by atoms with Crippen molar-refractivity contribution in [3.63, 3.8) is 0 Å². The van der Waals surface area contributed by atoms with E-state index in [1.807, 2.05) is 44.0 Å². The zero-order chi connectivity index (χ0) is 19.8. The van der Waals surface area contributed by atoms with Gasteiger partial charge in [0.2, 0.25) is 0 Å². The highest BCUT2D eigenvalue weighted by Gasteiger charge is 2.30. The molecule has 0 radical (unpaired) electrons. The van der Waals surface area contributed by atoms with Crippen molar-refractivity contribution in [3.05, 3.63) is 69.3 Å². The maximum atomic E-state index is 12.9. The number of hydrogen-bond acceptors (Lipinski definition) is 5. The number of H-pyrrole nitrogens is 2. The number of anilines is 1. The summed E-state index contributed by atoms with van der Waals surface area (Å²) in [6.07, 6.45) is 2.41.